The third kappa shape index (κ3) is 0.814. The summed E-state index contributed by atoms with van der Waals surface area (Å²) in [6.07, 6.45) is 3.60. The van der Waals surface area contributed by atoms with Crippen LogP contribution in [0.15, 0.2) is 5.10 Å². The Kier molecular flexibility index (Phi) is 1.06. The highest BCUT2D eigenvalue weighted by Crippen LogP contribution is 2.47. The minimum atomic E-state index is 0.0763. The van der Waals surface area contributed by atoms with Crippen LogP contribution >= 0.6 is 0 Å². The van der Waals surface area contributed by atoms with E-state index < -0.39 is 0 Å². The summed E-state index contributed by atoms with van der Waals surface area (Å²) in [5, 5.41) is 4.19. The molecule has 0 spiro atoms. The second-order valence-corrected chi connectivity index (χ2v) is 3.56. The lowest BCUT2D eigenvalue weighted by molar-refractivity contribution is 0.607. The minimum absolute atomic E-state index is 0.0763. The highest BCUT2D eigenvalue weighted by atomic mass is 15.4. The maximum atomic E-state index is 5.62. The molecular weight excluding hydrogens is 126 g/mol. The van der Waals surface area contributed by atoms with Gasteiger partial charge in [0.1, 0.15) is 0 Å². The van der Waals surface area contributed by atoms with E-state index in [9.17, 15) is 0 Å². The summed E-state index contributed by atoms with van der Waals surface area (Å²) in [6, 6.07) is 0. The summed E-state index contributed by atoms with van der Waals surface area (Å²) in [7, 11) is 0. The molecule has 1 unspecified atom stereocenters. The molecule has 1 fully saturated rings. The lowest BCUT2D eigenvalue weighted by Crippen LogP contribution is -2.29. The van der Waals surface area contributed by atoms with Gasteiger partial charge < -0.3 is 5.73 Å². The Bertz CT molecular complexity index is 181. The molecule has 3 heteroatoms. The first-order chi connectivity index (χ1) is 4.71. The van der Waals surface area contributed by atoms with E-state index in [1.165, 1.54) is 18.6 Å². The largest absolute Gasteiger partial charge is 0.310 e. The molecule has 3 nitrogen and oxygen atoms in total. The number of hydrogen-bond acceptors (Lipinski definition) is 3. The van der Waals surface area contributed by atoms with Gasteiger partial charge in [-0.25, -0.2) is 0 Å². The maximum absolute atomic E-state index is 5.62. The van der Waals surface area contributed by atoms with Crippen molar-refractivity contribution in [2.75, 3.05) is 0 Å². The van der Waals surface area contributed by atoms with Gasteiger partial charge in [0.25, 0.3) is 0 Å². The highest BCUT2D eigenvalue weighted by molar-refractivity contribution is 5.93. The number of nitrogens with one attached hydrogen (secondary N) is 1. The Morgan fingerprint density at radius 1 is 1.70 bits per heavy atom. The molecule has 0 amide bonds. The average molecular weight is 139 g/mol. The molecule has 2 rings (SSSR count). The van der Waals surface area contributed by atoms with Crippen LogP contribution in [0.25, 0.3) is 0 Å². The topological polar surface area (TPSA) is 50.4 Å². The zero-order valence-electron chi connectivity index (χ0n) is 6.22. The minimum Gasteiger partial charge on any atom is -0.310 e. The van der Waals surface area contributed by atoms with Crippen molar-refractivity contribution in [3.63, 3.8) is 0 Å². The van der Waals surface area contributed by atoms with Gasteiger partial charge in [-0.1, -0.05) is 6.92 Å². The zero-order chi connectivity index (χ0) is 7.19. The van der Waals surface area contributed by atoms with Gasteiger partial charge in [0, 0.05) is 17.5 Å². The molecule has 1 atom stereocenters. The summed E-state index contributed by atoms with van der Waals surface area (Å²) < 4.78 is 0. The van der Waals surface area contributed by atoms with Gasteiger partial charge in [-0.05, 0) is 12.8 Å². The van der Waals surface area contributed by atoms with E-state index in [0.29, 0.717) is 5.41 Å². The van der Waals surface area contributed by atoms with Crippen LogP contribution in [-0.4, -0.2) is 11.9 Å². The van der Waals surface area contributed by atoms with Gasteiger partial charge in [0.2, 0.25) is 0 Å². The first-order valence-electron chi connectivity index (χ1n) is 3.79. The average Bonchev–Trinajstić information content (AvgIpc) is 2.45. The van der Waals surface area contributed by atoms with Gasteiger partial charge in [0.05, 0.1) is 6.17 Å². The van der Waals surface area contributed by atoms with Gasteiger partial charge >= 0.3 is 0 Å². The Balaban J connectivity index is 2.07. The number of nitrogens with two attached hydrogens (primary N) is 1. The summed E-state index contributed by atoms with van der Waals surface area (Å²) in [6.45, 7) is 2.26. The second-order valence-electron chi connectivity index (χ2n) is 3.56. The normalized spacial score (nSPS) is 35.0. The van der Waals surface area contributed by atoms with E-state index in [-0.39, 0.29) is 6.17 Å². The Morgan fingerprint density at radius 2 is 2.40 bits per heavy atom. The molecule has 56 valence electrons. The quantitative estimate of drug-likeness (QED) is 0.553. The fourth-order valence-electron chi connectivity index (χ4n) is 1.32. The summed E-state index contributed by atoms with van der Waals surface area (Å²) in [5.41, 5.74) is 10.2. The number of nitrogens with zero attached hydrogens (tertiary/aromatic N) is 1. The van der Waals surface area contributed by atoms with Crippen LogP contribution in [0.4, 0.5) is 0 Å². The molecule has 2 aliphatic rings. The molecule has 1 aliphatic carbocycles. The van der Waals surface area contributed by atoms with Crippen molar-refractivity contribution in [2.24, 2.45) is 16.3 Å². The van der Waals surface area contributed by atoms with Crippen molar-refractivity contribution in [3.8, 4) is 0 Å². The molecular formula is C7H13N3. The summed E-state index contributed by atoms with van der Waals surface area (Å²) in [5.74, 6) is 0. The first-order valence-corrected chi connectivity index (χ1v) is 3.79. The van der Waals surface area contributed by atoms with Crippen LogP contribution in [0.3, 0.4) is 0 Å². The predicted molar refractivity (Wildman–Crippen MR) is 40.5 cm³/mol. The third-order valence-corrected chi connectivity index (χ3v) is 2.48. The molecule has 1 aliphatic heterocycles. The van der Waals surface area contributed by atoms with Crippen LogP contribution in [0.1, 0.15) is 26.2 Å². The van der Waals surface area contributed by atoms with Crippen molar-refractivity contribution < 1.29 is 0 Å². The van der Waals surface area contributed by atoms with Crippen LogP contribution in [0.5, 0.6) is 0 Å². The molecule has 0 bridgehead atoms. The third-order valence-electron chi connectivity index (χ3n) is 2.48. The first kappa shape index (κ1) is 6.16. The highest BCUT2D eigenvalue weighted by Gasteiger charge is 2.44. The van der Waals surface area contributed by atoms with E-state index in [2.05, 4.69) is 17.5 Å². The molecule has 0 aromatic carbocycles. The van der Waals surface area contributed by atoms with E-state index in [1.807, 2.05) is 0 Å². The Morgan fingerprint density at radius 3 is 2.80 bits per heavy atom. The van der Waals surface area contributed by atoms with Crippen molar-refractivity contribution in [2.45, 2.75) is 32.4 Å². The smallest absolute Gasteiger partial charge is 0.0962 e. The molecule has 0 saturated heterocycles. The van der Waals surface area contributed by atoms with Crippen molar-refractivity contribution >= 4 is 5.71 Å². The fourth-order valence-corrected chi connectivity index (χ4v) is 1.32. The van der Waals surface area contributed by atoms with Crippen molar-refractivity contribution in [1.29, 1.82) is 0 Å². The number of rotatable bonds is 1. The molecule has 10 heavy (non-hydrogen) atoms. The lowest BCUT2D eigenvalue weighted by atomic mass is 10.0. The van der Waals surface area contributed by atoms with Crippen molar-refractivity contribution in [1.82, 2.24) is 5.43 Å². The Hall–Kier alpha value is -0.570. The van der Waals surface area contributed by atoms with E-state index >= 15 is 0 Å². The van der Waals surface area contributed by atoms with Gasteiger partial charge in [-0.3, -0.25) is 5.43 Å². The molecule has 0 aromatic heterocycles. The molecule has 0 aromatic rings. The van der Waals surface area contributed by atoms with Gasteiger partial charge in [-0.2, -0.15) is 5.10 Å². The maximum Gasteiger partial charge on any atom is 0.0962 e. The van der Waals surface area contributed by atoms with Crippen molar-refractivity contribution in [3.05, 3.63) is 0 Å². The lowest BCUT2D eigenvalue weighted by Gasteiger charge is -2.05. The van der Waals surface area contributed by atoms with Gasteiger partial charge in [0.15, 0.2) is 0 Å². The Labute approximate surface area is 60.7 Å². The summed E-state index contributed by atoms with van der Waals surface area (Å²) >= 11 is 0. The molecule has 1 heterocycles. The molecule has 0 radical (unpaired) electrons. The van der Waals surface area contributed by atoms with Crippen LogP contribution in [-0.2, 0) is 0 Å². The number of hydrogen-bond donors (Lipinski definition) is 2. The second kappa shape index (κ2) is 1.72. The van der Waals surface area contributed by atoms with Crippen LogP contribution in [0.2, 0.25) is 0 Å². The molecule has 3 N–H and O–H groups in total. The standard InChI is InChI=1S/C7H13N3/c1-7(2-3-7)5-4-6(8)10-9-5/h6,10H,2-4,8H2,1H3. The SMILES string of the molecule is CC1(C2=NNC(N)C2)CC1. The van der Waals surface area contributed by atoms with Crippen LogP contribution < -0.4 is 11.2 Å². The molecule has 1 saturated carbocycles. The van der Waals surface area contributed by atoms with E-state index in [1.54, 1.807) is 0 Å². The zero-order valence-corrected chi connectivity index (χ0v) is 6.22. The van der Waals surface area contributed by atoms with E-state index in [0.717, 1.165) is 6.42 Å². The number of hydrazone groups is 1. The van der Waals surface area contributed by atoms with E-state index in [4.69, 9.17) is 5.73 Å². The predicted octanol–water partition coefficient (Wildman–Crippen LogP) is 0.421. The summed E-state index contributed by atoms with van der Waals surface area (Å²) in [4.78, 5) is 0. The fraction of sp³-hybridized carbons (Fsp3) is 0.857. The monoisotopic (exact) mass is 139 g/mol. The van der Waals surface area contributed by atoms with Crippen LogP contribution in [0, 0.1) is 5.41 Å². The van der Waals surface area contributed by atoms with Gasteiger partial charge in [-0.15, -0.1) is 0 Å².